The van der Waals surface area contributed by atoms with Crippen LogP contribution in [0.1, 0.15) is 20.7 Å². The molecule has 1 aromatic heterocycles. The average molecular weight is 404 g/mol. The normalized spacial score (nSPS) is 10.7. The van der Waals surface area contributed by atoms with E-state index in [-0.39, 0.29) is 11.3 Å². The Morgan fingerprint density at radius 2 is 1.60 bits per heavy atom. The first-order valence-corrected chi connectivity index (χ1v) is 8.92. The van der Waals surface area contributed by atoms with Crippen molar-refractivity contribution in [3.63, 3.8) is 0 Å². The number of amides is 1. The third-order valence-corrected chi connectivity index (χ3v) is 4.52. The first-order chi connectivity index (χ1) is 14.4. The minimum absolute atomic E-state index is 0.0136. The van der Waals surface area contributed by atoms with Crippen molar-refractivity contribution in [1.82, 2.24) is 4.98 Å². The van der Waals surface area contributed by atoms with E-state index in [0.29, 0.717) is 27.7 Å². The molecule has 1 heterocycles. The molecule has 4 aromatic rings. The van der Waals surface area contributed by atoms with Crippen molar-refractivity contribution in [2.75, 3.05) is 5.32 Å². The molecule has 148 valence electrons. The largest absolute Gasteiger partial charge is 0.478 e. The molecule has 0 radical (unpaired) electrons. The molecule has 0 aliphatic carbocycles. The van der Waals surface area contributed by atoms with Crippen LogP contribution in [0.4, 0.5) is 14.5 Å². The fourth-order valence-electron chi connectivity index (χ4n) is 3.10. The summed E-state index contributed by atoms with van der Waals surface area (Å²) < 4.78 is 27.0. The molecule has 0 bridgehead atoms. The molecule has 0 saturated heterocycles. The van der Waals surface area contributed by atoms with Crippen LogP contribution in [0.2, 0.25) is 0 Å². The molecule has 0 unspecified atom stereocenters. The maximum absolute atomic E-state index is 13.5. The van der Waals surface area contributed by atoms with Crippen molar-refractivity contribution in [1.29, 1.82) is 0 Å². The second kappa shape index (κ2) is 7.71. The Balaban J connectivity index is 1.64. The molecular weight excluding hydrogens is 390 g/mol. The van der Waals surface area contributed by atoms with Gasteiger partial charge in [0.1, 0.15) is 11.6 Å². The van der Waals surface area contributed by atoms with Gasteiger partial charge in [0.15, 0.2) is 0 Å². The van der Waals surface area contributed by atoms with Gasteiger partial charge in [-0.15, -0.1) is 0 Å². The number of fused-ring (bicyclic) bond motifs is 1. The van der Waals surface area contributed by atoms with Gasteiger partial charge in [-0.05, 0) is 48.5 Å². The number of benzene rings is 3. The minimum Gasteiger partial charge on any atom is -0.478 e. The summed E-state index contributed by atoms with van der Waals surface area (Å²) in [5.41, 5.74) is 1.74. The lowest BCUT2D eigenvalue weighted by molar-refractivity contribution is 0.0698. The van der Waals surface area contributed by atoms with Gasteiger partial charge in [-0.25, -0.2) is 18.6 Å². The van der Waals surface area contributed by atoms with Crippen molar-refractivity contribution in [3.8, 4) is 11.3 Å². The Kier molecular flexibility index (Phi) is 4.93. The van der Waals surface area contributed by atoms with E-state index < -0.39 is 23.5 Å². The molecule has 7 heteroatoms. The van der Waals surface area contributed by atoms with E-state index in [2.05, 4.69) is 10.3 Å². The predicted molar refractivity (Wildman–Crippen MR) is 108 cm³/mol. The van der Waals surface area contributed by atoms with Gasteiger partial charge in [-0.3, -0.25) is 4.79 Å². The molecule has 0 aliphatic heterocycles. The monoisotopic (exact) mass is 404 g/mol. The summed E-state index contributed by atoms with van der Waals surface area (Å²) in [5, 5.41) is 12.5. The lowest BCUT2D eigenvalue weighted by Gasteiger charge is -2.09. The number of para-hydroxylation sites is 1. The van der Waals surface area contributed by atoms with Crippen molar-refractivity contribution >= 4 is 28.5 Å². The van der Waals surface area contributed by atoms with Crippen LogP contribution in [0.25, 0.3) is 22.2 Å². The Labute approximate surface area is 169 Å². The lowest BCUT2D eigenvalue weighted by atomic mass is 10.1. The molecule has 0 aliphatic rings. The van der Waals surface area contributed by atoms with Crippen LogP contribution in [-0.4, -0.2) is 22.0 Å². The van der Waals surface area contributed by atoms with E-state index in [1.165, 1.54) is 24.3 Å². The van der Waals surface area contributed by atoms with Crippen LogP contribution in [0, 0.1) is 11.6 Å². The van der Waals surface area contributed by atoms with Gasteiger partial charge in [0, 0.05) is 22.6 Å². The maximum atomic E-state index is 13.5. The number of halogens is 2. The molecule has 0 atom stereocenters. The zero-order chi connectivity index (χ0) is 21.3. The zero-order valence-corrected chi connectivity index (χ0v) is 15.4. The van der Waals surface area contributed by atoms with Crippen LogP contribution in [0.5, 0.6) is 0 Å². The molecule has 4 rings (SSSR count). The number of aromatic nitrogens is 1. The summed E-state index contributed by atoms with van der Waals surface area (Å²) in [7, 11) is 0. The van der Waals surface area contributed by atoms with E-state index in [0.717, 1.165) is 6.07 Å². The topological polar surface area (TPSA) is 79.3 Å². The molecule has 3 aromatic carbocycles. The molecule has 0 spiro atoms. The van der Waals surface area contributed by atoms with Crippen molar-refractivity contribution in [2.24, 2.45) is 0 Å². The number of carboxylic acid groups (broad SMARTS) is 1. The Hall–Kier alpha value is -4.13. The van der Waals surface area contributed by atoms with Gasteiger partial charge < -0.3 is 10.4 Å². The van der Waals surface area contributed by atoms with E-state index in [1.807, 2.05) is 0 Å². The van der Waals surface area contributed by atoms with Crippen molar-refractivity contribution in [2.45, 2.75) is 0 Å². The number of hydrogen-bond donors (Lipinski definition) is 2. The molecule has 0 fully saturated rings. The predicted octanol–water partition coefficient (Wildman–Crippen LogP) is 5.13. The summed E-state index contributed by atoms with van der Waals surface area (Å²) >= 11 is 0. The number of nitrogens with zero attached hydrogens (tertiary/aromatic N) is 1. The number of carbonyl (C=O) groups is 2. The lowest BCUT2D eigenvalue weighted by Crippen LogP contribution is -2.14. The highest BCUT2D eigenvalue weighted by Crippen LogP contribution is 2.24. The second-order valence-corrected chi connectivity index (χ2v) is 6.57. The summed E-state index contributed by atoms with van der Waals surface area (Å²) in [6, 6.07) is 17.4. The van der Waals surface area contributed by atoms with Gasteiger partial charge in [0.25, 0.3) is 5.91 Å². The van der Waals surface area contributed by atoms with Crippen LogP contribution >= 0.6 is 0 Å². The number of anilines is 1. The third-order valence-electron chi connectivity index (χ3n) is 4.52. The quantitative estimate of drug-likeness (QED) is 0.494. The van der Waals surface area contributed by atoms with Crippen LogP contribution in [0.3, 0.4) is 0 Å². The van der Waals surface area contributed by atoms with Gasteiger partial charge in [-0.1, -0.05) is 18.2 Å². The number of hydrogen-bond acceptors (Lipinski definition) is 3. The highest BCUT2D eigenvalue weighted by atomic mass is 19.1. The molecule has 2 N–H and O–H groups in total. The summed E-state index contributed by atoms with van der Waals surface area (Å²) in [6.07, 6.45) is 0. The minimum atomic E-state index is -1.14. The SMILES string of the molecule is O=C(Nc1ccccc1C(=O)O)c1ccc2nc(-c3cc(F)cc(F)c3)ccc2c1. The standard InChI is InChI=1S/C23H14F2N2O3/c24-16-10-15(11-17(25)12-16)20-7-5-13-9-14(6-8-19(13)26-20)22(28)27-21-4-2-1-3-18(21)23(29)30/h1-12H,(H,27,28)(H,29,30). The fourth-order valence-corrected chi connectivity index (χ4v) is 3.10. The van der Waals surface area contributed by atoms with E-state index in [9.17, 15) is 23.5 Å². The van der Waals surface area contributed by atoms with Crippen molar-refractivity contribution < 1.29 is 23.5 Å². The van der Waals surface area contributed by atoms with Crippen molar-refractivity contribution in [3.05, 3.63) is 95.6 Å². The van der Waals surface area contributed by atoms with E-state index >= 15 is 0 Å². The Morgan fingerprint density at radius 3 is 2.33 bits per heavy atom. The number of carbonyl (C=O) groups excluding carboxylic acids is 1. The Bertz CT molecular complexity index is 1280. The van der Waals surface area contributed by atoms with Gasteiger partial charge in [-0.2, -0.15) is 0 Å². The molecular formula is C23H14F2N2O3. The number of aromatic carboxylic acids is 1. The number of rotatable bonds is 4. The highest BCUT2D eigenvalue weighted by molar-refractivity contribution is 6.09. The van der Waals surface area contributed by atoms with Gasteiger partial charge >= 0.3 is 5.97 Å². The third kappa shape index (κ3) is 3.86. The fraction of sp³-hybridized carbons (Fsp3) is 0. The average Bonchev–Trinajstić information content (AvgIpc) is 2.72. The van der Waals surface area contributed by atoms with E-state index in [4.69, 9.17) is 0 Å². The van der Waals surface area contributed by atoms with Gasteiger partial charge in [0.05, 0.1) is 22.5 Å². The smallest absolute Gasteiger partial charge is 0.337 e. The molecule has 1 amide bonds. The summed E-state index contributed by atoms with van der Waals surface area (Å²) in [4.78, 5) is 28.3. The highest BCUT2D eigenvalue weighted by Gasteiger charge is 2.14. The van der Waals surface area contributed by atoms with E-state index in [1.54, 1.807) is 42.5 Å². The Morgan fingerprint density at radius 1 is 0.867 bits per heavy atom. The first-order valence-electron chi connectivity index (χ1n) is 8.92. The van der Waals surface area contributed by atoms with Crippen LogP contribution in [-0.2, 0) is 0 Å². The summed E-state index contributed by atoms with van der Waals surface area (Å²) in [6.45, 7) is 0. The van der Waals surface area contributed by atoms with Crippen LogP contribution < -0.4 is 5.32 Å². The summed E-state index contributed by atoms with van der Waals surface area (Å²) in [5.74, 6) is -3.00. The maximum Gasteiger partial charge on any atom is 0.337 e. The van der Waals surface area contributed by atoms with Crippen LogP contribution in [0.15, 0.2) is 72.8 Å². The second-order valence-electron chi connectivity index (χ2n) is 6.57. The zero-order valence-electron chi connectivity index (χ0n) is 15.4. The number of nitrogens with one attached hydrogen (secondary N) is 1. The molecule has 0 saturated carbocycles. The number of carboxylic acids is 1. The molecule has 30 heavy (non-hydrogen) atoms. The first kappa shape index (κ1) is 19.2. The van der Waals surface area contributed by atoms with Gasteiger partial charge in [0.2, 0.25) is 0 Å². The number of pyridine rings is 1. The molecule has 5 nitrogen and oxygen atoms in total.